The van der Waals surface area contributed by atoms with Gasteiger partial charge >= 0.3 is 12.3 Å². The van der Waals surface area contributed by atoms with Crippen LogP contribution in [0.1, 0.15) is 33.1 Å². The van der Waals surface area contributed by atoms with Gasteiger partial charge in [0.25, 0.3) is 5.91 Å². The van der Waals surface area contributed by atoms with Crippen molar-refractivity contribution in [2.75, 3.05) is 12.4 Å². The maximum atomic E-state index is 15.3. The van der Waals surface area contributed by atoms with E-state index in [1.807, 2.05) is 30.3 Å². The quantitative estimate of drug-likeness (QED) is 0.202. The van der Waals surface area contributed by atoms with Gasteiger partial charge in [-0.15, -0.1) is 0 Å². The van der Waals surface area contributed by atoms with Gasteiger partial charge in [0.15, 0.2) is 5.69 Å². The lowest BCUT2D eigenvalue weighted by Crippen LogP contribution is -2.28. The van der Waals surface area contributed by atoms with E-state index in [9.17, 15) is 27.2 Å². The fourth-order valence-corrected chi connectivity index (χ4v) is 4.34. The molecule has 0 unspecified atom stereocenters. The van der Waals surface area contributed by atoms with Gasteiger partial charge in [-0.3, -0.25) is 4.79 Å². The van der Waals surface area contributed by atoms with Crippen LogP contribution in [0.3, 0.4) is 0 Å². The van der Waals surface area contributed by atoms with E-state index in [1.54, 1.807) is 6.07 Å². The van der Waals surface area contributed by atoms with Crippen molar-refractivity contribution < 1.29 is 36.3 Å². The number of aromatic nitrogens is 4. The van der Waals surface area contributed by atoms with Crippen molar-refractivity contribution in [1.82, 2.24) is 24.2 Å². The molecule has 1 N–H and O–H groups in total. The van der Waals surface area contributed by atoms with Crippen LogP contribution in [-0.2, 0) is 24.1 Å². The molecule has 0 aliphatic rings. The Morgan fingerprint density at radius 1 is 1.00 bits per heavy atom. The van der Waals surface area contributed by atoms with Gasteiger partial charge < -0.3 is 19.5 Å². The minimum atomic E-state index is -4.94. The number of alkyl halides is 3. The van der Waals surface area contributed by atoms with Crippen molar-refractivity contribution in [2.45, 2.75) is 19.3 Å². The van der Waals surface area contributed by atoms with E-state index in [4.69, 9.17) is 10.00 Å². The molecule has 46 heavy (non-hydrogen) atoms. The van der Waals surface area contributed by atoms with Crippen LogP contribution in [0.25, 0.3) is 11.4 Å². The zero-order valence-corrected chi connectivity index (χ0v) is 23.8. The molecule has 2 aromatic heterocycles. The number of carbonyl (C=O) groups is 2. The number of halogens is 5. The molecular weight excluding hydrogens is 613 g/mol. The van der Waals surface area contributed by atoms with Crippen LogP contribution >= 0.6 is 0 Å². The van der Waals surface area contributed by atoms with E-state index in [-0.39, 0.29) is 30.2 Å². The zero-order chi connectivity index (χ0) is 33.0. The van der Waals surface area contributed by atoms with Crippen LogP contribution in [0.15, 0.2) is 85.2 Å². The van der Waals surface area contributed by atoms with Crippen molar-refractivity contribution in [3.8, 4) is 17.4 Å². The Kier molecular flexibility index (Phi) is 8.80. The van der Waals surface area contributed by atoms with Gasteiger partial charge in [-0.2, -0.15) is 23.5 Å². The third kappa shape index (κ3) is 6.86. The first-order valence-electron chi connectivity index (χ1n) is 13.4. The van der Waals surface area contributed by atoms with Crippen LogP contribution in [0.5, 0.6) is 0 Å². The van der Waals surface area contributed by atoms with Gasteiger partial charge in [-0.05, 0) is 35.9 Å². The first-order valence-corrected chi connectivity index (χ1v) is 13.4. The molecule has 0 saturated carbocycles. The summed E-state index contributed by atoms with van der Waals surface area (Å²) in [5.41, 5.74) is -2.05. The zero-order valence-electron chi connectivity index (χ0n) is 23.8. The molecule has 10 nitrogen and oxygen atoms in total. The Balaban J connectivity index is 1.33. The molecule has 2 amide bonds. The number of carbonyl (C=O) groups excluding carboxylic acids is 2. The second-order valence-corrected chi connectivity index (χ2v) is 9.83. The topological polar surface area (TPSA) is 118 Å². The monoisotopic (exact) mass is 635 g/mol. The van der Waals surface area contributed by atoms with E-state index < -0.39 is 46.8 Å². The summed E-state index contributed by atoms with van der Waals surface area (Å²) in [4.78, 5) is 31.1. The maximum absolute atomic E-state index is 15.3. The standard InChI is InChI=1S/C31H22F5N7O3/c1-41(30(45)46-18-19-5-3-2-4-6-19)17-28-38-11-12-42(28)21-8-10-25(24(33)14-21)39-29(44)26-15-27(31(34,35)36)40-43(26)22-7-9-23(32)20(13-22)16-37/h2-15H,17-18H2,1H3,(H,39,44). The third-order valence-electron chi connectivity index (χ3n) is 6.64. The Bertz CT molecular complexity index is 1950. The summed E-state index contributed by atoms with van der Waals surface area (Å²) >= 11 is 0. The number of rotatable bonds is 8. The number of benzene rings is 3. The molecule has 0 fully saturated rings. The normalized spacial score (nSPS) is 11.2. The highest BCUT2D eigenvalue weighted by Crippen LogP contribution is 2.30. The maximum Gasteiger partial charge on any atom is 0.435 e. The van der Waals surface area contributed by atoms with E-state index in [0.717, 1.165) is 29.8 Å². The molecule has 3 aromatic carbocycles. The fraction of sp³-hybridized carbons (Fsp3) is 0.129. The lowest BCUT2D eigenvalue weighted by atomic mass is 10.2. The third-order valence-corrected chi connectivity index (χ3v) is 6.64. The summed E-state index contributed by atoms with van der Waals surface area (Å²) in [6.07, 6.45) is -2.58. The number of imidazole rings is 1. The second-order valence-electron chi connectivity index (χ2n) is 9.83. The summed E-state index contributed by atoms with van der Waals surface area (Å²) in [6, 6.07) is 17.6. The Morgan fingerprint density at radius 3 is 2.43 bits per heavy atom. The van der Waals surface area contributed by atoms with Crippen LogP contribution in [0.4, 0.5) is 32.4 Å². The number of nitriles is 1. The molecular formula is C31H22F5N7O3. The highest BCUT2D eigenvalue weighted by Gasteiger charge is 2.36. The molecule has 5 aromatic rings. The predicted octanol–water partition coefficient (Wildman–Crippen LogP) is 6.25. The van der Waals surface area contributed by atoms with Gasteiger partial charge in [-0.1, -0.05) is 30.3 Å². The van der Waals surface area contributed by atoms with E-state index >= 15 is 4.39 Å². The first-order chi connectivity index (χ1) is 21.9. The molecule has 0 atom stereocenters. The highest BCUT2D eigenvalue weighted by molar-refractivity contribution is 6.03. The van der Waals surface area contributed by atoms with Crippen LogP contribution in [0.2, 0.25) is 0 Å². The van der Waals surface area contributed by atoms with Crippen LogP contribution in [0, 0.1) is 23.0 Å². The largest absolute Gasteiger partial charge is 0.445 e. The average Bonchev–Trinajstić information content (AvgIpc) is 3.70. The first kappa shape index (κ1) is 31.4. The fourth-order valence-electron chi connectivity index (χ4n) is 4.34. The summed E-state index contributed by atoms with van der Waals surface area (Å²) in [7, 11) is 1.51. The molecule has 0 spiro atoms. The molecule has 2 heterocycles. The summed E-state index contributed by atoms with van der Waals surface area (Å²) in [5.74, 6) is -2.65. The van der Waals surface area contributed by atoms with Gasteiger partial charge in [0, 0.05) is 37.3 Å². The average molecular weight is 636 g/mol. The Morgan fingerprint density at radius 2 is 1.74 bits per heavy atom. The van der Waals surface area contributed by atoms with Crippen molar-refractivity contribution in [3.05, 3.63) is 125 Å². The SMILES string of the molecule is CN(Cc1nccn1-c1ccc(NC(=O)c2cc(C(F)(F)F)nn2-c2ccc(F)c(C#N)c2)c(F)c1)C(=O)OCc1ccccc1. The van der Waals surface area contributed by atoms with Crippen LogP contribution in [-0.4, -0.2) is 43.3 Å². The minimum Gasteiger partial charge on any atom is -0.445 e. The van der Waals surface area contributed by atoms with Crippen molar-refractivity contribution in [3.63, 3.8) is 0 Å². The number of anilines is 1. The minimum absolute atomic E-state index is 0.00313. The van der Waals surface area contributed by atoms with Gasteiger partial charge in [0.2, 0.25) is 0 Å². The molecule has 5 rings (SSSR count). The lowest BCUT2D eigenvalue weighted by molar-refractivity contribution is -0.141. The molecule has 0 aliphatic carbocycles. The Hall–Kier alpha value is -6.04. The molecule has 234 valence electrons. The highest BCUT2D eigenvalue weighted by atomic mass is 19.4. The number of hydrogen-bond donors (Lipinski definition) is 1. The van der Waals surface area contributed by atoms with E-state index in [1.165, 1.54) is 41.0 Å². The lowest BCUT2D eigenvalue weighted by Gasteiger charge is -2.18. The van der Waals surface area contributed by atoms with Gasteiger partial charge in [0.1, 0.15) is 35.8 Å². The molecule has 0 saturated heterocycles. The van der Waals surface area contributed by atoms with Gasteiger partial charge in [0.05, 0.1) is 23.5 Å². The number of nitrogens with zero attached hydrogens (tertiary/aromatic N) is 6. The van der Waals surface area contributed by atoms with E-state index in [0.29, 0.717) is 16.6 Å². The summed E-state index contributed by atoms with van der Waals surface area (Å²) in [6.45, 7) is 0.0725. The predicted molar refractivity (Wildman–Crippen MR) is 153 cm³/mol. The van der Waals surface area contributed by atoms with E-state index in [2.05, 4.69) is 15.4 Å². The summed E-state index contributed by atoms with van der Waals surface area (Å²) < 4.78 is 77.0. The van der Waals surface area contributed by atoms with Crippen LogP contribution < -0.4 is 5.32 Å². The molecule has 0 bridgehead atoms. The molecule has 15 heteroatoms. The molecule has 0 aliphatic heterocycles. The number of amides is 2. The Labute approximate surface area is 257 Å². The molecule has 0 radical (unpaired) electrons. The van der Waals surface area contributed by atoms with Crippen molar-refractivity contribution in [1.29, 1.82) is 5.26 Å². The summed E-state index contributed by atoms with van der Waals surface area (Å²) in [5, 5.41) is 14.8. The number of nitrogens with one attached hydrogen (secondary N) is 1. The van der Waals surface area contributed by atoms with Crippen molar-refractivity contribution >= 4 is 17.7 Å². The smallest absolute Gasteiger partial charge is 0.435 e. The van der Waals surface area contributed by atoms with Crippen molar-refractivity contribution in [2.24, 2.45) is 0 Å². The second kappa shape index (κ2) is 12.9. The van der Waals surface area contributed by atoms with Gasteiger partial charge in [-0.25, -0.2) is 23.2 Å². The number of hydrogen-bond acceptors (Lipinski definition) is 6. The number of ether oxygens (including phenoxy) is 1.